The number of amides is 1. The Balaban J connectivity index is 1.93. The molecule has 0 saturated carbocycles. The highest BCUT2D eigenvalue weighted by atomic mass is 32.1. The predicted octanol–water partition coefficient (Wildman–Crippen LogP) is 2.82. The van der Waals surface area contributed by atoms with Crippen LogP contribution in [-0.2, 0) is 0 Å². The molecule has 1 aliphatic heterocycles. The number of hydrogen-bond donors (Lipinski definition) is 1. The first kappa shape index (κ1) is 15.0. The van der Waals surface area contributed by atoms with E-state index in [2.05, 4.69) is 9.97 Å². The average Bonchev–Trinajstić information content (AvgIpc) is 2.93. The summed E-state index contributed by atoms with van der Waals surface area (Å²) in [5.41, 5.74) is 1.63. The third kappa shape index (κ3) is 2.83. The molecule has 0 radical (unpaired) electrons. The van der Waals surface area contributed by atoms with Crippen LogP contribution in [0.2, 0.25) is 0 Å². The third-order valence-corrected chi connectivity index (χ3v) is 5.04. The molecule has 0 unspecified atom stereocenters. The van der Waals surface area contributed by atoms with Crippen LogP contribution in [0.5, 0.6) is 0 Å². The highest BCUT2D eigenvalue weighted by Gasteiger charge is 2.31. The Morgan fingerprint density at radius 3 is 2.86 bits per heavy atom. The lowest BCUT2D eigenvalue weighted by molar-refractivity contribution is 0.0609. The number of H-pyrrole nitrogens is 1. The lowest BCUT2D eigenvalue weighted by Crippen LogP contribution is -2.40. The zero-order valence-corrected chi connectivity index (χ0v) is 13.6. The second-order valence-electron chi connectivity index (χ2n) is 5.72. The van der Waals surface area contributed by atoms with E-state index in [-0.39, 0.29) is 23.1 Å². The maximum atomic E-state index is 12.8. The summed E-state index contributed by atoms with van der Waals surface area (Å²) in [6, 6.07) is 3.37. The first-order valence-corrected chi connectivity index (χ1v) is 8.37. The predicted molar refractivity (Wildman–Crippen MR) is 86.3 cm³/mol. The van der Waals surface area contributed by atoms with E-state index in [4.69, 9.17) is 0 Å². The van der Waals surface area contributed by atoms with Crippen LogP contribution in [-0.4, -0.2) is 27.3 Å². The van der Waals surface area contributed by atoms with Crippen molar-refractivity contribution in [3.63, 3.8) is 0 Å². The van der Waals surface area contributed by atoms with E-state index in [0.29, 0.717) is 6.54 Å². The molecule has 6 heteroatoms. The number of likely N-dealkylation sites (tertiary alicyclic amines) is 1. The number of rotatable bonds is 2. The van der Waals surface area contributed by atoms with E-state index in [1.165, 1.54) is 0 Å². The standard InChI is InChI=1S/C16H19N3O2S/c1-10-6-7-12(14(20)17-10)16(21)19-8-4-3-5-13(19)15-18-11(2)9-22-15/h6-7,9,13H,3-5,8H2,1-2H3,(H,17,20)/t13-/m0/s1. The number of nitrogens with zero attached hydrogens (tertiary/aromatic N) is 2. The second kappa shape index (κ2) is 6.04. The Labute approximate surface area is 133 Å². The van der Waals surface area contributed by atoms with Crippen LogP contribution in [0.1, 0.15) is 52.1 Å². The third-order valence-electron chi connectivity index (χ3n) is 3.97. The minimum Gasteiger partial charge on any atom is -0.329 e. The summed E-state index contributed by atoms with van der Waals surface area (Å²) in [5.74, 6) is -0.196. The van der Waals surface area contributed by atoms with Gasteiger partial charge in [0.25, 0.3) is 11.5 Å². The minimum atomic E-state index is -0.315. The maximum absolute atomic E-state index is 12.8. The van der Waals surface area contributed by atoms with Crippen LogP contribution in [0.3, 0.4) is 0 Å². The first-order valence-electron chi connectivity index (χ1n) is 7.49. The Bertz CT molecular complexity index is 750. The summed E-state index contributed by atoms with van der Waals surface area (Å²) in [7, 11) is 0. The summed E-state index contributed by atoms with van der Waals surface area (Å²) >= 11 is 1.59. The Hall–Kier alpha value is -1.95. The molecule has 0 aliphatic carbocycles. The molecule has 0 spiro atoms. The first-order chi connectivity index (χ1) is 10.6. The van der Waals surface area contributed by atoms with Gasteiger partial charge >= 0.3 is 0 Å². The van der Waals surface area contributed by atoms with Gasteiger partial charge in [-0.2, -0.15) is 0 Å². The molecule has 0 bridgehead atoms. The molecular formula is C16H19N3O2S. The smallest absolute Gasteiger partial charge is 0.260 e. The number of carbonyl (C=O) groups excluding carboxylic acids is 1. The molecular weight excluding hydrogens is 298 g/mol. The molecule has 3 heterocycles. The second-order valence-corrected chi connectivity index (χ2v) is 6.61. The highest BCUT2D eigenvalue weighted by molar-refractivity contribution is 7.09. The van der Waals surface area contributed by atoms with Crippen molar-refractivity contribution in [2.45, 2.75) is 39.2 Å². The summed E-state index contributed by atoms with van der Waals surface area (Å²) in [6.45, 7) is 4.44. The van der Waals surface area contributed by atoms with E-state index >= 15 is 0 Å². The fraction of sp³-hybridized carbons (Fsp3) is 0.438. The number of hydrogen-bond acceptors (Lipinski definition) is 4. The molecule has 1 N–H and O–H groups in total. The van der Waals surface area contributed by atoms with Crippen LogP contribution in [0.25, 0.3) is 0 Å². The van der Waals surface area contributed by atoms with Gasteiger partial charge in [-0.05, 0) is 45.2 Å². The van der Waals surface area contributed by atoms with Crippen molar-refractivity contribution in [2.75, 3.05) is 6.54 Å². The topological polar surface area (TPSA) is 66.1 Å². The lowest BCUT2D eigenvalue weighted by atomic mass is 10.0. The molecule has 2 aromatic rings. The Morgan fingerprint density at radius 1 is 1.36 bits per heavy atom. The molecule has 2 aromatic heterocycles. The number of aryl methyl sites for hydroxylation is 2. The van der Waals surface area contributed by atoms with Gasteiger partial charge in [0.2, 0.25) is 0 Å². The number of piperidine rings is 1. The van der Waals surface area contributed by atoms with Gasteiger partial charge < -0.3 is 9.88 Å². The quantitative estimate of drug-likeness (QED) is 0.926. The van der Waals surface area contributed by atoms with Crippen LogP contribution in [0, 0.1) is 13.8 Å². The van der Waals surface area contributed by atoms with Crippen molar-refractivity contribution in [1.29, 1.82) is 0 Å². The van der Waals surface area contributed by atoms with Crippen molar-refractivity contribution in [3.05, 3.63) is 49.8 Å². The summed E-state index contributed by atoms with van der Waals surface area (Å²) in [5, 5.41) is 2.97. The van der Waals surface area contributed by atoms with Crippen molar-refractivity contribution in [2.24, 2.45) is 0 Å². The normalized spacial score (nSPS) is 18.5. The number of thiazole rings is 1. The van der Waals surface area contributed by atoms with E-state index in [1.54, 1.807) is 30.4 Å². The van der Waals surface area contributed by atoms with Crippen LogP contribution >= 0.6 is 11.3 Å². The fourth-order valence-electron chi connectivity index (χ4n) is 2.85. The van der Waals surface area contributed by atoms with Crippen molar-refractivity contribution < 1.29 is 4.79 Å². The largest absolute Gasteiger partial charge is 0.329 e. The van der Waals surface area contributed by atoms with Crippen LogP contribution in [0.4, 0.5) is 0 Å². The van der Waals surface area contributed by atoms with Gasteiger partial charge in [0, 0.05) is 23.3 Å². The number of pyridine rings is 1. The Morgan fingerprint density at radius 2 is 2.18 bits per heavy atom. The number of nitrogens with one attached hydrogen (secondary N) is 1. The fourth-order valence-corrected chi connectivity index (χ4v) is 3.79. The van der Waals surface area contributed by atoms with Gasteiger partial charge in [0.05, 0.1) is 6.04 Å². The Kier molecular flexibility index (Phi) is 4.11. The monoisotopic (exact) mass is 317 g/mol. The molecule has 1 saturated heterocycles. The molecule has 116 valence electrons. The number of aromatic nitrogens is 2. The van der Waals surface area contributed by atoms with Gasteiger partial charge in [-0.1, -0.05) is 0 Å². The van der Waals surface area contributed by atoms with Gasteiger partial charge in [-0.25, -0.2) is 4.98 Å². The van der Waals surface area contributed by atoms with E-state index in [9.17, 15) is 9.59 Å². The number of aromatic amines is 1. The SMILES string of the molecule is Cc1csc([C@@H]2CCCCN2C(=O)c2ccc(C)[nH]c2=O)n1. The molecule has 3 rings (SSSR count). The van der Waals surface area contributed by atoms with Crippen molar-refractivity contribution >= 4 is 17.2 Å². The molecule has 1 aliphatic rings. The molecule has 1 fully saturated rings. The maximum Gasteiger partial charge on any atom is 0.260 e. The summed E-state index contributed by atoms with van der Waals surface area (Å²) in [4.78, 5) is 33.9. The van der Waals surface area contributed by atoms with Crippen LogP contribution in [0.15, 0.2) is 22.3 Å². The zero-order chi connectivity index (χ0) is 15.7. The molecule has 1 amide bonds. The van der Waals surface area contributed by atoms with Gasteiger partial charge in [-0.3, -0.25) is 9.59 Å². The molecule has 5 nitrogen and oxygen atoms in total. The average molecular weight is 317 g/mol. The molecule has 22 heavy (non-hydrogen) atoms. The van der Waals surface area contributed by atoms with E-state index in [0.717, 1.165) is 35.7 Å². The van der Waals surface area contributed by atoms with E-state index < -0.39 is 0 Å². The van der Waals surface area contributed by atoms with Crippen LogP contribution < -0.4 is 5.56 Å². The van der Waals surface area contributed by atoms with E-state index in [1.807, 2.05) is 17.2 Å². The lowest BCUT2D eigenvalue weighted by Gasteiger charge is -2.34. The van der Waals surface area contributed by atoms with Gasteiger partial charge in [-0.15, -0.1) is 11.3 Å². The van der Waals surface area contributed by atoms with Crippen molar-refractivity contribution in [3.8, 4) is 0 Å². The summed E-state index contributed by atoms with van der Waals surface area (Å²) in [6.07, 6.45) is 2.95. The zero-order valence-electron chi connectivity index (χ0n) is 12.8. The van der Waals surface area contributed by atoms with Gasteiger partial charge in [0.15, 0.2) is 0 Å². The highest BCUT2D eigenvalue weighted by Crippen LogP contribution is 2.33. The summed E-state index contributed by atoms with van der Waals surface area (Å²) < 4.78 is 0. The molecule has 1 atom stereocenters. The number of carbonyl (C=O) groups is 1. The van der Waals surface area contributed by atoms with Gasteiger partial charge in [0.1, 0.15) is 10.6 Å². The van der Waals surface area contributed by atoms with Crippen molar-refractivity contribution in [1.82, 2.24) is 14.9 Å². The molecule has 0 aromatic carbocycles. The minimum absolute atomic E-state index is 0.0133.